The lowest BCUT2D eigenvalue weighted by molar-refractivity contribution is -0.384. The number of nitro groups is 1. The van der Waals surface area contributed by atoms with E-state index in [4.69, 9.17) is 0 Å². The summed E-state index contributed by atoms with van der Waals surface area (Å²) in [6.45, 7) is 2.38. The van der Waals surface area contributed by atoms with Crippen molar-refractivity contribution in [3.63, 3.8) is 0 Å². The molecule has 0 saturated carbocycles. The standard InChI is InChI=1S/C13H17N3O5/c1-2-13(12(18)19)4-3-5-15(8-13)11(17)10-6-9(7-14-10)16(20)21/h6-7,14H,2-5,8H2,1H3,(H,18,19). The van der Waals surface area contributed by atoms with Crippen LogP contribution in [0.3, 0.4) is 0 Å². The van der Waals surface area contributed by atoms with Crippen molar-refractivity contribution < 1.29 is 19.6 Å². The number of amides is 1. The molecular formula is C13H17N3O5. The Labute approximate surface area is 120 Å². The summed E-state index contributed by atoms with van der Waals surface area (Å²) in [5.74, 6) is -1.30. The van der Waals surface area contributed by atoms with Crippen LogP contribution >= 0.6 is 0 Å². The Bertz CT molecular complexity index is 582. The fourth-order valence-corrected chi connectivity index (χ4v) is 2.70. The summed E-state index contributed by atoms with van der Waals surface area (Å²) in [5, 5.41) is 20.0. The molecule has 2 N–H and O–H groups in total. The van der Waals surface area contributed by atoms with E-state index in [1.54, 1.807) is 6.92 Å². The molecule has 1 saturated heterocycles. The molecule has 1 aliphatic heterocycles. The van der Waals surface area contributed by atoms with Gasteiger partial charge in [-0.05, 0) is 19.3 Å². The maximum Gasteiger partial charge on any atom is 0.311 e. The summed E-state index contributed by atoms with van der Waals surface area (Å²) >= 11 is 0. The molecule has 1 fully saturated rings. The summed E-state index contributed by atoms with van der Waals surface area (Å²) in [5.41, 5.74) is -0.999. The van der Waals surface area contributed by atoms with Crippen LogP contribution in [0.15, 0.2) is 12.3 Å². The predicted octanol–water partition coefficient (Wildman–Crippen LogP) is 1.64. The van der Waals surface area contributed by atoms with Crippen molar-refractivity contribution in [3.05, 3.63) is 28.1 Å². The number of aromatic amines is 1. The van der Waals surface area contributed by atoms with E-state index in [0.29, 0.717) is 25.8 Å². The maximum absolute atomic E-state index is 12.3. The van der Waals surface area contributed by atoms with E-state index in [-0.39, 0.29) is 17.9 Å². The van der Waals surface area contributed by atoms with Gasteiger partial charge < -0.3 is 15.0 Å². The first-order chi connectivity index (χ1) is 9.89. The van der Waals surface area contributed by atoms with Crippen molar-refractivity contribution in [2.45, 2.75) is 26.2 Å². The minimum Gasteiger partial charge on any atom is -0.481 e. The molecule has 1 atom stereocenters. The topological polar surface area (TPSA) is 117 Å². The Hall–Kier alpha value is -2.38. The number of nitrogens with one attached hydrogen (secondary N) is 1. The van der Waals surface area contributed by atoms with Crippen molar-refractivity contribution in [1.82, 2.24) is 9.88 Å². The summed E-state index contributed by atoms with van der Waals surface area (Å²) in [6.07, 6.45) is 2.74. The zero-order valence-corrected chi connectivity index (χ0v) is 11.7. The second-order valence-electron chi connectivity index (χ2n) is 5.30. The third-order valence-electron chi connectivity index (χ3n) is 4.10. The zero-order valence-electron chi connectivity index (χ0n) is 11.7. The number of H-pyrrole nitrogens is 1. The van der Waals surface area contributed by atoms with Gasteiger partial charge in [0.1, 0.15) is 5.69 Å². The van der Waals surface area contributed by atoms with Crippen LogP contribution in [0.2, 0.25) is 0 Å². The number of carboxylic acids is 1. The van der Waals surface area contributed by atoms with Crippen molar-refractivity contribution in [2.24, 2.45) is 5.41 Å². The van der Waals surface area contributed by atoms with Gasteiger partial charge in [-0.15, -0.1) is 0 Å². The van der Waals surface area contributed by atoms with E-state index in [1.165, 1.54) is 11.0 Å². The normalized spacial score (nSPS) is 22.0. The summed E-state index contributed by atoms with van der Waals surface area (Å²) in [7, 11) is 0. The van der Waals surface area contributed by atoms with E-state index >= 15 is 0 Å². The van der Waals surface area contributed by atoms with Gasteiger partial charge in [0.15, 0.2) is 0 Å². The highest BCUT2D eigenvalue weighted by Gasteiger charge is 2.42. The number of carbonyl (C=O) groups is 2. The van der Waals surface area contributed by atoms with Crippen LogP contribution in [0.25, 0.3) is 0 Å². The smallest absolute Gasteiger partial charge is 0.311 e. The van der Waals surface area contributed by atoms with Crippen molar-refractivity contribution >= 4 is 17.6 Å². The van der Waals surface area contributed by atoms with Gasteiger partial charge in [-0.2, -0.15) is 0 Å². The van der Waals surface area contributed by atoms with Crippen LogP contribution in [-0.4, -0.2) is 44.9 Å². The van der Waals surface area contributed by atoms with Gasteiger partial charge >= 0.3 is 5.97 Å². The lowest BCUT2D eigenvalue weighted by atomic mass is 9.77. The van der Waals surface area contributed by atoms with Gasteiger partial charge in [0.25, 0.3) is 11.6 Å². The van der Waals surface area contributed by atoms with Crippen molar-refractivity contribution in [2.75, 3.05) is 13.1 Å². The number of carbonyl (C=O) groups excluding carboxylic acids is 1. The van der Waals surface area contributed by atoms with Gasteiger partial charge in [0.2, 0.25) is 0 Å². The van der Waals surface area contributed by atoms with Gasteiger partial charge in [0, 0.05) is 19.2 Å². The molecule has 8 heteroatoms. The van der Waals surface area contributed by atoms with Gasteiger partial charge in [-0.1, -0.05) is 6.92 Å². The molecule has 2 heterocycles. The van der Waals surface area contributed by atoms with Crippen LogP contribution in [-0.2, 0) is 4.79 Å². The molecule has 8 nitrogen and oxygen atoms in total. The average Bonchev–Trinajstić information content (AvgIpc) is 2.96. The first kappa shape index (κ1) is 15.0. The monoisotopic (exact) mass is 295 g/mol. The van der Waals surface area contributed by atoms with Crippen LogP contribution in [0.5, 0.6) is 0 Å². The van der Waals surface area contributed by atoms with Crippen LogP contribution < -0.4 is 0 Å². The fourth-order valence-electron chi connectivity index (χ4n) is 2.70. The lowest BCUT2D eigenvalue weighted by Crippen LogP contribution is -2.49. The summed E-state index contributed by atoms with van der Waals surface area (Å²) in [6, 6.07) is 1.17. The van der Waals surface area contributed by atoms with Crippen LogP contribution in [0.4, 0.5) is 5.69 Å². The van der Waals surface area contributed by atoms with E-state index < -0.39 is 22.2 Å². The number of aliphatic carboxylic acids is 1. The number of piperidine rings is 1. The molecule has 0 aliphatic carbocycles. The van der Waals surface area contributed by atoms with Crippen molar-refractivity contribution in [3.8, 4) is 0 Å². The fraction of sp³-hybridized carbons (Fsp3) is 0.538. The number of likely N-dealkylation sites (tertiary alicyclic amines) is 1. The second kappa shape index (κ2) is 5.55. The Kier molecular flexibility index (Phi) is 3.97. The molecule has 1 aliphatic rings. The molecule has 2 rings (SSSR count). The molecule has 0 aromatic carbocycles. The van der Waals surface area contributed by atoms with Crippen molar-refractivity contribution in [1.29, 1.82) is 0 Å². The van der Waals surface area contributed by atoms with E-state index in [2.05, 4.69) is 4.98 Å². The predicted molar refractivity (Wildman–Crippen MR) is 72.9 cm³/mol. The molecule has 1 unspecified atom stereocenters. The Balaban J connectivity index is 2.18. The molecule has 1 aromatic heterocycles. The molecule has 0 spiro atoms. The second-order valence-corrected chi connectivity index (χ2v) is 5.30. The summed E-state index contributed by atoms with van der Waals surface area (Å²) in [4.78, 5) is 37.9. The highest BCUT2D eigenvalue weighted by Crippen LogP contribution is 2.34. The number of nitrogens with zero attached hydrogens (tertiary/aromatic N) is 2. The number of rotatable bonds is 4. The largest absolute Gasteiger partial charge is 0.481 e. The quantitative estimate of drug-likeness (QED) is 0.647. The lowest BCUT2D eigenvalue weighted by Gasteiger charge is -2.39. The highest BCUT2D eigenvalue weighted by molar-refractivity contribution is 5.93. The maximum atomic E-state index is 12.3. The molecule has 0 bridgehead atoms. The SMILES string of the molecule is CCC1(C(=O)O)CCCN(C(=O)c2cc([N+](=O)[O-])c[nH]2)C1. The van der Waals surface area contributed by atoms with E-state index in [0.717, 1.165) is 6.20 Å². The Morgan fingerprint density at radius 2 is 2.29 bits per heavy atom. The molecule has 1 aromatic rings. The molecule has 114 valence electrons. The first-order valence-corrected chi connectivity index (χ1v) is 6.75. The Morgan fingerprint density at radius 3 is 2.81 bits per heavy atom. The molecule has 21 heavy (non-hydrogen) atoms. The third kappa shape index (κ3) is 2.74. The third-order valence-corrected chi connectivity index (χ3v) is 4.10. The molecule has 0 radical (unpaired) electrons. The number of hydrogen-bond acceptors (Lipinski definition) is 4. The van der Waals surface area contributed by atoms with Crippen LogP contribution in [0.1, 0.15) is 36.7 Å². The van der Waals surface area contributed by atoms with Crippen LogP contribution in [0, 0.1) is 15.5 Å². The van der Waals surface area contributed by atoms with Gasteiger partial charge in [-0.25, -0.2) is 0 Å². The number of hydrogen-bond donors (Lipinski definition) is 2. The Morgan fingerprint density at radius 1 is 1.57 bits per heavy atom. The minimum atomic E-state index is -0.924. The van der Waals surface area contributed by atoms with E-state index in [9.17, 15) is 24.8 Å². The molecule has 1 amide bonds. The number of aromatic nitrogens is 1. The van der Waals surface area contributed by atoms with Gasteiger partial charge in [0.05, 0.1) is 16.5 Å². The summed E-state index contributed by atoms with van der Waals surface area (Å²) < 4.78 is 0. The number of carboxylic acid groups (broad SMARTS) is 1. The molecular weight excluding hydrogens is 278 g/mol. The van der Waals surface area contributed by atoms with E-state index in [1.807, 2.05) is 0 Å². The average molecular weight is 295 g/mol. The first-order valence-electron chi connectivity index (χ1n) is 6.75. The zero-order chi connectivity index (χ0) is 15.6. The van der Waals surface area contributed by atoms with Gasteiger partial charge in [-0.3, -0.25) is 19.7 Å². The minimum absolute atomic E-state index is 0.110. The highest BCUT2D eigenvalue weighted by atomic mass is 16.6.